The fraction of sp³-hybridized carbons (Fsp3) is 0.250. The van der Waals surface area contributed by atoms with Crippen LogP contribution in [0.1, 0.15) is 19.0 Å². The number of carbonyl (C=O) groups is 2. The molecule has 0 spiro atoms. The second-order valence-corrected chi connectivity index (χ2v) is 9.88. The van der Waals surface area contributed by atoms with Gasteiger partial charge in [0.1, 0.15) is 11.9 Å². The quantitative estimate of drug-likeness (QED) is 0.503. The summed E-state index contributed by atoms with van der Waals surface area (Å²) in [6.45, 7) is 2.46. The molecular formula is C24H25FN2O6S. The minimum Gasteiger partial charge on any atom is -0.480 e. The number of aliphatic hydroxyl groups is 1. The van der Waals surface area contributed by atoms with Gasteiger partial charge < -0.3 is 14.8 Å². The first kappa shape index (κ1) is 25.1. The number of carbonyl (C=O) groups excluding carboxylic acids is 1. The minimum absolute atomic E-state index is 0.122. The van der Waals surface area contributed by atoms with Crippen molar-refractivity contribution in [3.63, 3.8) is 0 Å². The lowest BCUT2D eigenvalue weighted by Gasteiger charge is -2.27. The lowest BCUT2D eigenvalue weighted by atomic mass is 10.1. The van der Waals surface area contributed by atoms with Crippen molar-refractivity contribution in [2.75, 3.05) is 17.8 Å². The van der Waals surface area contributed by atoms with Crippen molar-refractivity contribution in [3.05, 3.63) is 66.1 Å². The van der Waals surface area contributed by atoms with Crippen LogP contribution < -0.4 is 4.90 Å². The van der Waals surface area contributed by atoms with Gasteiger partial charge in [-0.3, -0.25) is 9.69 Å². The van der Waals surface area contributed by atoms with Crippen LogP contribution in [0.4, 0.5) is 10.1 Å². The minimum atomic E-state index is -3.42. The Bertz CT molecular complexity index is 1330. The topological polar surface area (TPSA) is 117 Å². The Labute approximate surface area is 196 Å². The Hall–Kier alpha value is -3.50. The normalized spacial score (nSPS) is 12.4. The van der Waals surface area contributed by atoms with Crippen molar-refractivity contribution in [2.24, 2.45) is 0 Å². The molecular weight excluding hydrogens is 463 g/mol. The molecule has 0 fully saturated rings. The smallest absolute Gasteiger partial charge is 0.326 e. The van der Waals surface area contributed by atoms with Crippen LogP contribution in [0.5, 0.6) is 0 Å². The van der Waals surface area contributed by atoms with Crippen molar-refractivity contribution < 1.29 is 32.6 Å². The van der Waals surface area contributed by atoms with E-state index < -0.39 is 40.2 Å². The number of sulfone groups is 1. The Balaban J connectivity index is 2.30. The van der Waals surface area contributed by atoms with Gasteiger partial charge in [-0.1, -0.05) is 18.2 Å². The number of anilines is 1. The monoisotopic (exact) mass is 488 g/mol. The van der Waals surface area contributed by atoms with E-state index in [1.54, 1.807) is 35.8 Å². The third-order valence-corrected chi connectivity index (χ3v) is 6.59. The van der Waals surface area contributed by atoms with E-state index in [9.17, 15) is 32.6 Å². The number of carboxylic acid groups (broad SMARTS) is 1. The van der Waals surface area contributed by atoms with Gasteiger partial charge in [-0.25, -0.2) is 17.6 Å². The molecule has 0 aliphatic heterocycles. The highest BCUT2D eigenvalue weighted by Crippen LogP contribution is 2.36. The van der Waals surface area contributed by atoms with Crippen LogP contribution in [-0.4, -0.2) is 54.0 Å². The van der Waals surface area contributed by atoms with E-state index in [0.29, 0.717) is 22.6 Å². The average Bonchev–Trinajstić information content (AvgIpc) is 3.09. The van der Waals surface area contributed by atoms with Gasteiger partial charge in [0, 0.05) is 37.6 Å². The van der Waals surface area contributed by atoms with E-state index in [4.69, 9.17) is 0 Å². The molecule has 1 heterocycles. The lowest BCUT2D eigenvalue weighted by molar-refractivity contribution is -0.140. The summed E-state index contributed by atoms with van der Waals surface area (Å²) in [5.74, 6) is -2.31. The van der Waals surface area contributed by atoms with Gasteiger partial charge in [0.25, 0.3) is 0 Å². The molecule has 0 saturated carbocycles. The summed E-state index contributed by atoms with van der Waals surface area (Å²) in [7, 11) is -3.42. The third kappa shape index (κ3) is 5.02. The first-order chi connectivity index (χ1) is 16.0. The van der Waals surface area contributed by atoms with Gasteiger partial charge in [-0.05, 0) is 48.9 Å². The number of halogens is 1. The predicted molar refractivity (Wildman–Crippen MR) is 125 cm³/mol. The molecule has 1 atom stereocenters. The summed E-state index contributed by atoms with van der Waals surface area (Å²) in [4.78, 5) is 25.7. The summed E-state index contributed by atoms with van der Waals surface area (Å²) in [5.41, 5.74) is 2.25. The van der Waals surface area contributed by atoms with E-state index in [2.05, 4.69) is 0 Å². The van der Waals surface area contributed by atoms with Crippen molar-refractivity contribution in [1.29, 1.82) is 0 Å². The molecule has 1 amide bonds. The van der Waals surface area contributed by atoms with Crippen LogP contribution >= 0.6 is 0 Å². The van der Waals surface area contributed by atoms with Gasteiger partial charge >= 0.3 is 5.97 Å². The number of rotatable bonds is 8. The van der Waals surface area contributed by atoms with Crippen LogP contribution in [0, 0.1) is 12.7 Å². The zero-order valence-electron chi connectivity index (χ0n) is 18.9. The van der Waals surface area contributed by atoms with Crippen molar-refractivity contribution in [1.82, 2.24) is 4.57 Å². The number of hydrogen-bond donors (Lipinski definition) is 2. The number of aliphatic hydroxyl groups excluding tert-OH is 1. The van der Waals surface area contributed by atoms with Crippen LogP contribution in [0.25, 0.3) is 16.9 Å². The number of benzene rings is 2. The maximum Gasteiger partial charge on any atom is 0.326 e. The van der Waals surface area contributed by atoms with Crippen LogP contribution in [-0.2, 0) is 19.4 Å². The SMILES string of the molecule is CC(=O)N(c1cc(-c2ccc(S(C)(=O)=O)cc2)n(-c2cccc(F)c2)c1C)C(CCO)C(=O)O. The maximum atomic E-state index is 14.1. The van der Waals surface area contributed by atoms with Gasteiger partial charge in [0.05, 0.1) is 16.3 Å². The first-order valence-corrected chi connectivity index (χ1v) is 12.3. The standard InChI is InChI=1S/C24H25FN2O6S/c1-15-22(27(16(2)29)21(11-12-28)24(30)31)14-23(26(15)19-6-4-5-18(25)13-19)17-7-9-20(10-8-17)34(3,32)33/h4-10,13-14,21,28H,11-12H2,1-3H3,(H,30,31). The number of aromatic nitrogens is 1. The molecule has 10 heteroatoms. The van der Waals surface area contributed by atoms with E-state index >= 15 is 0 Å². The largest absolute Gasteiger partial charge is 0.480 e. The fourth-order valence-corrected chi connectivity index (χ4v) is 4.54. The van der Waals surface area contributed by atoms with Crippen molar-refractivity contribution in [2.45, 2.75) is 31.2 Å². The molecule has 1 aromatic heterocycles. The van der Waals surface area contributed by atoms with Gasteiger partial charge in [0.2, 0.25) is 5.91 Å². The molecule has 0 bridgehead atoms. The predicted octanol–water partition coefficient (Wildman–Crippen LogP) is 3.18. The molecule has 2 aromatic carbocycles. The molecule has 3 rings (SSSR count). The Kier molecular flexibility index (Phi) is 7.23. The Morgan fingerprint density at radius 2 is 1.76 bits per heavy atom. The molecule has 0 aliphatic rings. The van der Waals surface area contributed by atoms with E-state index in [1.807, 2.05) is 0 Å². The highest BCUT2D eigenvalue weighted by Gasteiger charge is 2.32. The molecule has 34 heavy (non-hydrogen) atoms. The summed E-state index contributed by atoms with van der Waals surface area (Å²) in [5, 5.41) is 19.1. The molecule has 0 radical (unpaired) electrons. The van der Waals surface area contributed by atoms with Crippen LogP contribution in [0.15, 0.2) is 59.5 Å². The number of carboxylic acids is 1. The highest BCUT2D eigenvalue weighted by atomic mass is 32.2. The average molecular weight is 489 g/mol. The van der Waals surface area contributed by atoms with E-state index in [1.165, 1.54) is 37.3 Å². The lowest BCUT2D eigenvalue weighted by Crippen LogP contribution is -2.45. The molecule has 180 valence electrons. The second kappa shape index (κ2) is 9.78. The number of amides is 1. The summed E-state index contributed by atoms with van der Waals surface area (Å²) < 4.78 is 39.5. The molecule has 2 N–H and O–H groups in total. The summed E-state index contributed by atoms with van der Waals surface area (Å²) >= 11 is 0. The molecule has 3 aromatic rings. The molecule has 1 unspecified atom stereocenters. The Morgan fingerprint density at radius 1 is 1.12 bits per heavy atom. The Morgan fingerprint density at radius 3 is 2.26 bits per heavy atom. The molecule has 0 aliphatic carbocycles. The molecule has 0 saturated heterocycles. The van der Waals surface area contributed by atoms with E-state index in [0.717, 1.165) is 11.2 Å². The maximum absolute atomic E-state index is 14.1. The molecule has 8 nitrogen and oxygen atoms in total. The number of hydrogen-bond acceptors (Lipinski definition) is 5. The second-order valence-electron chi connectivity index (χ2n) is 7.87. The number of nitrogens with zero attached hydrogens (tertiary/aromatic N) is 2. The zero-order valence-corrected chi connectivity index (χ0v) is 19.7. The highest BCUT2D eigenvalue weighted by molar-refractivity contribution is 7.90. The number of aliphatic carboxylic acids is 1. The van der Waals surface area contributed by atoms with Crippen molar-refractivity contribution in [3.8, 4) is 16.9 Å². The van der Waals surface area contributed by atoms with Gasteiger partial charge in [-0.2, -0.15) is 0 Å². The fourth-order valence-electron chi connectivity index (χ4n) is 3.91. The third-order valence-electron chi connectivity index (χ3n) is 5.46. The first-order valence-electron chi connectivity index (χ1n) is 10.4. The van der Waals surface area contributed by atoms with E-state index in [-0.39, 0.29) is 17.0 Å². The zero-order chi connectivity index (χ0) is 25.2. The summed E-state index contributed by atoms with van der Waals surface area (Å²) in [6.07, 6.45) is 0.912. The summed E-state index contributed by atoms with van der Waals surface area (Å²) in [6, 6.07) is 12.1. The van der Waals surface area contributed by atoms with Crippen LogP contribution in [0.2, 0.25) is 0 Å². The van der Waals surface area contributed by atoms with Crippen molar-refractivity contribution >= 4 is 27.4 Å². The van der Waals surface area contributed by atoms with Gasteiger partial charge in [-0.15, -0.1) is 0 Å². The van der Waals surface area contributed by atoms with Crippen LogP contribution in [0.3, 0.4) is 0 Å². The van der Waals surface area contributed by atoms with Gasteiger partial charge in [0.15, 0.2) is 9.84 Å².